The van der Waals surface area contributed by atoms with E-state index >= 15 is 0 Å². The van der Waals surface area contributed by atoms with Gasteiger partial charge in [-0.05, 0) is 25.1 Å². The van der Waals surface area contributed by atoms with Gasteiger partial charge < -0.3 is 9.16 Å². The monoisotopic (exact) mass is 353 g/mol. The first-order valence-corrected chi connectivity index (χ1v) is 11.3. The van der Waals surface area contributed by atoms with Gasteiger partial charge in [0.15, 0.2) is 0 Å². The summed E-state index contributed by atoms with van der Waals surface area (Å²) in [4.78, 5) is 5.20. The first kappa shape index (κ1) is 17.9. The molecule has 1 heterocycles. The Bertz CT molecular complexity index is 679. The normalized spacial score (nSPS) is 12.3. The van der Waals surface area contributed by atoms with Crippen molar-refractivity contribution in [3.8, 4) is 11.5 Å². The van der Waals surface area contributed by atoms with Crippen LogP contribution in [0.25, 0.3) is 0 Å². The Hall–Kier alpha value is -1.40. The van der Waals surface area contributed by atoms with Gasteiger partial charge in [0.1, 0.15) is 23.9 Å². The minimum atomic E-state index is -2.01. The summed E-state index contributed by atoms with van der Waals surface area (Å²) in [6.07, 6.45) is 1.78. The molecular weight excluding hydrogens is 329 g/mol. The van der Waals surface area contributed by atoms with Crippen molar-refractivity contribution in [2.45, 2.75) is 52.4 Å². The fraction of sp³-hybridized carbons (Fsp3) is 0.471. The van der Waals surface area contributed by atoms with E-state index in [4.69, 9.17) is 9.16 Å². The number of hydrogen-bond acceptors (Lipinski definition) is 4. The summed E-state index contributed by atoms with van der Waals surface area (Å²) in [6, 6.07) is 4.56. The van der Waals surface area contributed by atoms with Crippen molar-refractivity contribution in [2.24, 2.45) is 0 Å². The molecule has 3 nitrogen and oxygen atoms in total. The van der Waals surface area contributed by atoms with E-state index in [9.17, 15) is 4.39 Å². The molecule has 1 aromatic heterocycles. The van der Waals surface area contributed by atoms with Crippen LogP contribution in [0.2, 0.25) is 18.1 Å². The second kappa shape index (κ2) is 6.61. The van der Waals surface area contributed by atoms with Gasteiger partial charge in [-0.1, -0.05) is 20.8 Å². The van der Waals surface area contributed by atoms with Gasteiger partial charge in [0, 0.05) is 24.4 Å². The molecule has 0 amide bonds. The molecule has 0 bridgehead atoms. The Labute approximate surface area is 142 Å². The summed E-state index contributed by atoms with van der Waals surface area (Å²) < 4.78 is 25.7. The molecule has 0 spiro atoms. The molecule has 0 atom stereocenters. The van der Waals surface area contributed by atoms with Crippen LogP contribution in [0, 0.1) is 12.7 Å². The number of thiazole rings is 1. The van der Waals surface area contributed by atoms with Crippen LogP contribution in [0.1, 0.15) is 30.7 Å². The molecule has 0 saturated carbocycles. The number of aryl methyl sites for hydroxylation is 1. The highest BCUT2D eigenvalue weighted by molar-refractivity contribution is 7.11. The van der Waals surface area contributed by atoms with Crippen molar-refractivity contribution in [1.82, 2.24) is 4.98 Å². The predicted octanol–water partition coefficient (Wildman–Crippen LogP) is 5.55. The second-order valence-electron chi connectivity index (χ2n) is 7.12. The summed E-state index contributed by atoms with van der Waals surface area (Å²) in [7, 11) is -2.01. The SMILES string of the molecule is Cc1ncc(COc2cc(F)cc(O[Si](C)(C)C(C)(C)C)c2)s1. The highest BCUT2D eigenvalue weighted by Crippen LogP contribution is 2.38. The summed E-state index contributed by atoms with van der Waals surface area (Å²) in [5.74, 6) is 0.661. The first-order valence-electron chi connectivity index (χ1n) is 7.60. The molecule has 0 fully saturated rings. The summed E-state index contributed by atoms with van der Waals surface area (Å²) in [5, 5.41) is 1.05. The topological polar surface area (TPSA) is 31.4 Å². The number of hydrogen-bond donors (Lipinski definition) is 0. The third-order valence-corrected chi connectivity index (χ3v) is 9.32. The molecule has 1 aromatic carbocycles. The van der Waals surface area contributed by atoms with E-state index in [-0.39, 0.29) is 10.9 Å². The van der Waals surface area contributed by atoms with Crippen molar-refractivity contribution in [3.05, 3.63) is 40.1 Å². The minimum Gasteiger partial charge on any atom is -0.543 e. The standard InChI is InChI=1S/C17H24FNO2SSi/c1-12-19-10-16(22-12)11-20-14-7-13(18)8-15(9-14)21-23(5,6)17(2,3)4/h7-10H,11H2,1-6H3. The van der Waals surface area contributed by atoms with E-state index in [1.165, 1.54) is 12.1 Å². The number of ether oxygens (including phenoxy) is 1. The van der Waals surface area contributed by atoms with Crippen LogP contribution >= 0.6 is 11.3 Å². The number of aromatic nitrogens is 1. The number of benzene rings is 1. The largest absolute Gasteiger partial charge is 0.543 e. The Morgan fingerprint density at radius 1 is 1.17 bits per heavy atom. The predicted molar refractivity (Wildman–Crippen MR) is 95.4 cm³/mol. The molecule has 0 radical (unpaired) electrons. The molecule has 0 aliphatic rings. The zero-order valence-electron chi connectivity index (χ0n) is 14.6. The van der Waals surface area contributed by atoms with E-state index in [1.807, 2.05) is 6.92 Å². The minimum absolute atomic E-state index is 0.0561. The molecule has 6 heteroatoms. The fourth-order valence-electron chi connectivity index (χ4n) is 1.75. The Morgan fingerprint density at radius 2 is 1.83 bits per heavy atom. The fourth-order valence-corrected chi connectivity index (χ4v) is 3.47. The van der Waals surface area contributed by atoms with E-state index in [2.05, 4.69) is 38.8 Å². The Balaban J connectivity index is 2.12. The van der Waals surface area contributed by atoms with E-state index in [0.29, 0.717) is 18.1 Å². The summed E-state index contributed by atoms with van der Waals surface area (Å²) >= 11 is 1.57. The lowest BCUT2D eigenvalue weighted by molar-refractivity contribution is 0.306. The second-order valence-corrected chi connectivity index (χ2v) is 13.2. The van der Waals surface area contributed by atoms with E-state index in [1.54, 1.807) is 23.6 Å². The lowest BCUT2D eigenvalue weighted by Crippen LogP contribution is -2.43. The van der Waals surface area contributed by atoms with E-state index in [0.717, 1.165) is 9.88 Å². The number of halogens is 1. The van der Waals surface area contributed by atoms with Gasteiger partial charge in [0.2, 0.25) is 8.32 Å². The Kier molecular flexibility index (Phi) is 5.16. The van der Waals surface area contributed by atoms with Crippen LogP contribution in [0.4, 0.5) is 4.39 Å². The molecule has 0 aliphatic carbocycles. The number of rotatable bonds is 5. The summed E-state index contributed by atoms with van der Waals surface area (Å²) in [5.41, 5.74) is 0. The van der Waals surface area contributed by atoms with Crippen molar-refractivity contribution in [1.29, 1.82) is 0 Å². The zero-order valence-corrected chi connectivity index (χ0v) is 16.4. The van der Waals surface area contributed by atoms with E-state index < -0.39 is 8.32 Å². The maximum absolute atomic E-state index is 13.9. The lowest BCUT2D eigenvalue weighted by atomic mass is 10.2. The third-order valence-electron chi connectivity index (χ3n) is 4.07. The molecule has 0 unspecified atom stereocenters. The maximum Gasteiger partial charge on any atom is 0.250 e. The van der Waals surface area contributed by atoms with Crippen molar-refractivity contribution in [2.75, 3.05) is 0 Å². The molecule has 23 heavy (non-hydrogen) atoms. The smallest absolute Gasteiger partial charge is 0.250 e. The third kappa shape index (κ3) is 4.78. The molecule has 0 saturated heterocycles. The van der Waals surface area contributed by atoms with Crippen LogP contribution in [0.3, 0.4) is 0 Å². The van der Waals surface area contributed by atoms with Gasteiger partial charge in [-0.15, -0.1) is 11.3 Å². The van der Waals surface area contributed by atoms with Crippen LogP contribution < -0.4 is 9.16 Å². The summed E-state index contributed by atoms with van der Waals surface area (Å²) in [6.45, 7) is 13.1. The average molecular weight is 354 g/mol. The van der Waals surface area contributed by atoms with Crippen LogP contribution in [-0.4, -0.2) is 13.3 Å². The van der Waals surface area contributed by atoms with Gasteiger partial charge in [-0.25, -0.2) is 9.37 Å². The van der Waals surface area contributed by atoms with Gasteiger partial charge >= 0.3 is 0 Å². The zero-order chi connectivity index (χ0) is 17.3. The Morgan fingerprint density at radius 3 is 2.39 bits per heavy atom. The number of nitrogens with zero attached hydrogens (tertiary/aromatic N) is 1. The van der Waals surface area contributed by atoms with Gasteiger partial charge in [0.25, 0.3) is 0 Å². The van der Waals surface area contributed by atoms with Crippen LogP contribution in [0.15, 0.2) is 24.4 Å². The van der Waals surface area contributed by atoms with Crippen molar-refractivity contribution >= 4 is 19.7 Å². The van der Waals surface area contributed by atoms with Gasteiger partial charge in [-0.3, -0.25) is 0 Å². The molecule has 126 valence electrons. The molecule has 0 N–H and O–H groups in total. The van der Waals surface area contributed by atoms with Gasteiger partial charge in [-0.2, -0.15) is 0 Å². The lowest BCUT2D eigenvalue weighted by Gasteiger charge is -2.36. The molecular formula is C17H24FNO2SSi. The molecule has 0 aliphatic heterocycles. The van der Waals surface area contributed by atoms with Crippen LogP contribution in [0.5, 0.6) is 11.5 Å². The first-order chi connectivity index (χ1) is 10.6. The van der Waals surface area contributed by atoms with Crippen molar-refractivity contribution < 1.29 is 13.6 Å². The molecule has 2 aromatic rings. The highest BCUT2D eigenvalue weighted by atomic mass is 32.1. The quantitative estimate of drug-likeness (QED) is 0.660. The highest BCUT2D eigenvalue weighted by Gasteiger charge is 2.39. The average Bonchev–Trinajstić information content (AvgIpc) is 2.79. The molecule has 2 rings (SSSR count). The van der Waals surface area contributed by atoms with Crippen LogP contribution in [-0.2, 0) is 6.61 Å². The van der Waals surface area contributed by atoms with Gasteiger partial charge in [0.05, 0.1) is 9.88 Å². The maximum atomic E-state index is 13.9. The van der Waals surface area contributed by atoms with Crippen molar-refractivity contribution in [3.63, 3.8) is 0 Å².